The highest BCUT2D eigenvalue weighted by Crippen LogP contribution is 2.30. The fourth-order valence-electron chi connectivity index (χ4n) is 4.10. The Balaban J connectivity index is 1.54. The number of hydrogen-bond acceptors (Lipinski definition) is 3. The summed E-state index contributed by atoms with van der Waals surface area (Å²) >= 11 is 0. The van der Waals surface area contributed by atoms with Gasteiger partial charge in [0.25, 0.3) is 10.0 Å². The molecule has 0 aliphatic carbocycles. The Morgan fingerprint density at radius 1 is 0.903 bits per heavy atom. The average Bonchev–Trinajstić information content (AvgIpc) is 2.78. The minimum atomic E-state index is -3.80. The van der Waals surface area contributed by atoms with Crippen LogP contribution in [0.4, 0.5) is 10.1 Å². The van der Waals surface area contributed by atoms with Crippen LogP contribution in [-0.4, -0.2) is 32.4 Å². The Morgan fingerprint density at radius 3 is 2.13 bits per heavy atom. The van der Waals surface area contributed by atoms with Crippen molar-refractivity contribution in [3.05, 3.63) is 95.8 Å². The second-order valence-electron chi connectivity index (χ2n) is 8.08. The standard InChI is InChI=1S/C25H27FN2O2S/c1-20-7-9-21(10-8-20)19-27-17-15-24(16-18-27)28(23-5-3-2-4-6-23)31(29,30)25-13-11-22(26)12-14-25/h2-14,24H,15-19H2,1H3. The lowest BCUT2D eigenvalue weighted by Crippen LogP contribution is -2.47. The fourth-order valence-corrected chi connectivity index (χ4v) is 5.81. The molecule has 6 heteroatoms. The maximum atomic E-state index is 13.5. The van der Waals surface area contributed by atoms with Gasteiger partial charge in [-0.25, -0.2) is 12.8 Å². The number of anilines is 1. The van der Waals surface area contributed by atoms with Gasteiger partial charge in [-0.2, -0.15) is 0 Å². The summed E-state index contributed by atoms with van der Waals surface area (Å²) in [6, 6.07) is 22.7. The van der Waals surface area contributed by atoms with Gasteiger partial charge in [0, 0.05) is 25.7 Å². The summed E-state index contributed by atoms with van der Waals surface area (Å²) in [4.78, 5) is 2.48. The van der Waals surface area contributed by atoms with E-state index < -0.39 is 15.8 Å². The first-order chi connectivity index (χ1) is 14.9. The van der Waals surface area contributed by atoms with Crippen LogP contribution in [0, 0.1) is 12.7 Å². The first kappa shape index (κ1) is 21.5. The lowest BCUT2D eigenvalue weighted by molar-refractivity contribution is 0.206. The smallest absolute Gasteiger partial charge is 0.264 e. The van der Waals surface area contributed by atoms with E-state index in [0.29, 0.717) is 5.69 Å². The zero-order chi connectivity index (χ0) is 21.8. The van der Waals surface area contributed by atoms with E-state index in [1.807, 2.05) is 30.3 Å². The van der Waals surface area contributed by atoms with Crippen LogP contribution in [0.5, 0.6) is 0 Å². The van der Waals surface area contributed by atoms with Crippen LogP contribution < -0.4 is 4.31 Å². The maximum Gasteiger partial charge on any atom is 0.264 e. The van der Waals surface area contributed by atoms with Gasteiger partial charge in [0.1, 0.15) is 5.82 Å². The third-order valence-corrected chi connectivity index (χ3v) is 7.69. The molecule has 0 bridgehead atoms. The summed E-state index contributed by atoms with van der Waals surface area (Å²) in [6.07, 6.45) is 1.47. The molecule has 0 unspecified atom stereocenters. The van der Waals surface area contributed by atoms with Crippen molar-refractivity contribution in [3.63, 3.8) is 0 Å². The Labute approximate surface area is 184 Å². The average molecular weight is 439 g/mol. The quantitative estimate of drug-likeness (QED) is 0.544. The molecule has 0 amide bonds. The predicted octanol–water partition coefficient (Wildman–Crippen LogP) is 4.99. The Kier molecular flexibility index (Phi) is 6.39. The summed E-state index contributed by atoms with van der Waals surface area (Å²) in [5, 5.41) is 0. The highest BCUT2D eigenvalue weighted by Gasteiger charge is 2.34. The van der Waals surface area contributed by atoms with Crippen molar-refractivity contribution in [2.24, 2.45) is 0 Å². The summed E-state index contributed by atoms with van der Waals surface area (Å²) < 4.78 is 42.0. The molecule has 0 N–H and O–H groups in total. The first-order valence-electron chi connectivity index (χ1n) is 10.6. The van der Waals surface area contributed by atoms with Gasteiger partial charge in [-0.3, -0.25) is 9.21 Å². The van der Waals surface area contributed by atoms with E-state index in [4.69, 9.17) is 0 Å². The SMILES string of the molecule is Cc1ccc(CN2CCC(N(c3ccccc3)S(=O)(=O)c3ccc(F)cc3)CC2)cc1. The number of para-hydroxylation sites is 1. The second-order valence-corrected chi connectivity index (χ2v) is 9.90. The molecular weight excluding hydrogens is 411 g/mol. The van der Waals surface area contributed by atoms with Gasteiger partial charge in [0.2, 0.25) is 0 Å². The van der Waals surface area contributed by atoms with Gasteiger partial charge < -0.3 is 0 Å². The van der Waals surface area contributed by atoms with Crippen molar-refractivity contribution in [2.75, 3.05) is 17.4 Å². The highest BCUT2D eigenvalue weighted by molar-refractivity contribution is 7.92. The van der Waals surface area contributed by atoms with E-state index in [1.165, 1.54) is 39.7 Å². The van der Waals surface area contributed by atoms with Crippen LogP contribution in [0.25, 0.3) is 0 Å². The number of nitrogens with zero attached hydrogens (tertiary/aromatic N) is 2. The third kappa shape index (κ3) is 4.97. The largest absolute Gasteiger partial charge is 0.299 e. The molecule has 1 aliphatic rings. The van der Waals surface area contributed by atoms with E-state index in [2.05, 4.69) is 36.1 Å². The molecule has 1 heterocycles. The van der Waals surface area contributed by atoms with Gasteiger partial charge in [-0.1, -0.05) is 48.0 Å². The number of piperidine rings is 1. The second kappa shape index (κ2) is 9.20. The van der Waals surface area contributed by atoms with Crippen molar-refractivity contribution in [2.45, 2.75) is 37.2 Å². The molecule has 4 rings (SSSR count). The first-order valence-corrected chi connectivity index (χ1v) is 12.0. The zero-order valence-corrected chi connectivity index (χ0v) is 18.4. The van der Waals surface area contributed by atoms with Gasteiger partial charge in [-0.05, 0) is 61.7 Å². The fraction of sp³-hybridized carbons (Fsp3) is 0.280. The van der Waals surface area contributed by atoms with Crippen LogP contribution in [0.15, 0.2) is 83.8 Å². The van der Waals surface area contributed by atoms with Crippen molar-refractivity contribution in [3.8, 4) is 0 Å². The molecule has 4 nitrogen and oxygen atoms in total. The number of aryl methyl sites for hydroxylation is 1. The van der Waals surface area contributed by atoms with Crippen molar-refractivity contribution in [1.29, 1.82) is 0 Å². The van der Waals surface area contributed by atoms with Crippen LogP contribution in [0.3, 0.4) is 0 Å². The normalized spacial score (nSPS) is 15.7. The molecule has 0 radical (unpaired) electrons. The topological polar surface area (TPSA) is 40.6 Å². The molecule has 3 aromatic carbocycles. The van der Waals surface area contributed by atoms with Crippen LogP contribution >= 0.6 is 0 Å². The Morgan fingerprint density at radius 2 is 1.52 bits per heavy atom. The minimum absolute atomic E-state index is 0.111. The number of benzene rings is 3. The number of likely N-dealkylation sites (tertiary alicyclic amines) is 1. The van der Waals surface area contributed by atoms with E-state index in [9.17, 15) is 12.8 Å². The summed E-state index contributed by atoms with van der Waals surface area (Å²) in [6.45, 7) is 4.58. The van der Waals surface area contributed by atoms with Crippen LogP contribution in [0.2, 0.25) is 0 Å². The molecule has 162 valence electrons. The van der Waals surface area contributed by atoms with Gasteiger partial charge in [0.15, 0.2) is 0 Å². The van der Waals surface area contributed by atoms with Crippen LogP contribution in [-0.2, 0) is 16.6 Å². The number of rotatable bonds is 6. The Hall–Kier alpha value is -2.70. The third-order valence-electron chi connectivity index (χ3n) is 5.80. The number of sulfonamides is 1. The predicted molar refractivity (Wildman–Crippen MR) is 122 cm³/mol. The van der Waals surface area contributed by atoms with Crippen molar-refractivity contribution >= 4 is 15.7 Å². The summed E-state index contributed by atoms with van der Waals surface area (Å²) in [7, 11) is -3.80. The van der Waals surface area contributed by atoms with E-state index in [0.717, 1.165) is 32.5 Å². The number of halogens is 1. The van der Waals surface area contributed by atoms with E-state index >= 15 is 0 Å². The monoisotopic (exact) mass is 438 g/mol. The van der Waals surface area contributed by atoms with E-state index in [-0.39, 0.29) is 10.9 Å². The van der Waals surface area contributed by atoms with Crippen molar-refractivity contribution in [1.82, 2.24) is 4.90 Å². The minimum Gasteiger partial charge on any atom is -0.299 e. The molecule has 0 saturated carbocycles. The van der Waals surface area contributed by atoms with Gasteiger partial charge in [-0.15, -0.1) is 0 Å². The van der Waals surface area contributed by atoms with Crippen molar-refractivity contribution < 1.29 is 12.8 Å². The van der Waals surface area contributed by atoms with Gasteiger partial charge in [0.05, 0.1) is 10.6 Å². The molecule has 31 heavy (non-hydrogen) atoms. The van der Waals surface area contributed by atoms with E-state index in [1.54, 1.807) is 0 Å². The molecule has 3 aromatic rings. The molecule has 1 saturated heterocycles. The molecular formula is C25H27FN2O2S. The van der Waals surface area contributed by atoms with Gasteiger partial charge >= 0.3 is 0 Å². The van der Waals surface area contributed by atoms with Crippen LogP contribution in [0.1, 0.15) is 24.0 Å². The maximum absolute atomic E-state index is 13.5. The number of hydrogen-bond donors (Lipinski definition) is 0. The highest BCUT2D eigenvalue weighted by atomic mass is 32.2. The lowest BCUT2D eigenvalue weighted by atomic mass is 10.0. The molecule has 0 spiro atoms. The Bertz CT molecular complexity index is 1090. The molecule has 1 fully saturated rings. The summed E-state index contributed by atoms with van der Waals surface area (Å²) in [5.74, 6) is -0.449. The molecule has 1 aliphatic heterocycles. The summed E-state index contributed by atoms with van der Waals surface area (Å²) in [5.41, 5.74) is 3.15. The molecule has 0 aromatic heterocycles. The zero-order valence-electron chi connectivity index (χ0n) is 17.6. The lowest BCUT2D eigenvalue weighted by Gasteiger charge is -2.39. The molecule has 0 atom stereocenters.